The molecule has 0 aromatic rings. The van der Waals surface area contributed by atoms with Crippen LogP contribution < -0.4 is 0 Å². The van der Waals surface area contributed by atoms with Crippen LogP contribution in [-0.4, -0.2) is 22.4 Å². The highest BCUT2D eigenvalue weighted by atomic mass is 16.3. The van der Waals surface area contributed by atoms with E-state index in [1.165, 1.54) is 122 Å². The van der Waals surface area contributed by atoms with E-state index >= 15 is 0 Å². The van der Waals surface area contributed by atoms with Gasteiger partial charge < -0.3 is 10.2 Å². The van der Waals surface area contributed by atoms with Crippen LogP contribution in [0.15, 0.2) is 0 Å². The fourth-order valence-electron chi connectivity index (χ4n) is 9.99. The lowest BCUT2D eigenvalue weighted by atomic mass is 9.50. The van der Waals surface area contributed by atoms with Crippen LogP contribution in [0, 0.1) is 40.9 Å². The second kappa shape index (κ2) is 10.7. The molecule has 2 heteroatoms. The summed E-state index contributed by atoms with van der Waals surface area (Å²) in [5.41, 5.74) is 0.228. The van der Waals surface area contributed by atoms with Crippen molar-refractivity contribution in [3.63, 3.8) is 0 Å². The first kappa shape index (κ1) is 23.7. The van der Waals surface area contributed by atoms with Gasteiger partial charge in [0.1, 0.15) is 0 Å². The average molecular weight is 445 g/mol. The number of rotatable bonds is 4. The van der Waals surface area contributed by atoms with E-state index in [1.54, 1.807) is 0 Å². The average Bonchev–Trinajstić information content (AvgIpc) is 2.85. The van der Waals surface area contributed by atoms with Crippen LogP contribution in [0.2, 0.25) is 0 Å². The molecule has 0 amide bonds. The van der Waals surface area contributed by atoms with Crippen molar-refractivity contribution in [2.45, 2.75) is 147 Å². The Morgan fingerprint density at radius 1 is 0.406 bits per heavy atom. The third-order valence-electron chi connectivity index (χ3n) is 11.6. The molecule has 5 fully saturated rings. The maximum atomic E-state index is 11.6. The molecular weight excluding hydrogens is 392 g/mol. The van der Waals surface area contributed by atoms with Crippen LogP contribution in [0.4, 0.5) is 0 Å². The van der Waals surface area contributed by atoms with Crippen LogP contribution in [-0.2, 0) is 0 Å². The molecule has 2 N–H and O–H groups in total. The summed E-state index contributed by atoms with van der Waals surface area (Å²) in [7, 11) is 0. The van der Waals surface area contributed by atoms with E-state index in [-0.39, 0.29) is 17.6 Å². The predicted molar refractivity (Wildman–Crippen MR) is 132 cm³/mol. The normalized spacial score (nSPS) is 42.6. The van der Waals surface area contributed by atoms with Gasteiger partial charge in [0.05, 0.1) is 12.2 Å². The topological polar surface area (TPSA) is 40.5 Å². The number of hydrogen-bond acceptors (Lipinski definition) is 2. The third-order valence-corrected chi connectivity index (χ3v) is 11.6. The summed E-state index contributed by atoms with van der Waals surface area (Å²) in [6.07, 6.45) is 27.8. The van der Waals surface area contributed by atoms with Gasteiger partial charge in [-0.15, -0.1) is 0 Å². The lowest BCUT2D eigenvalue weighted by Crippen LogP contribution is -2.52. The van der Waals surface area contributed by atoms with E-state index in [4.69, 9.17) is 0 Å². The van der Waals surface area contributed by atoms with Crippen molar-refractivity contribution in [3.05, 3.63) is 0 Å². The Bertz CT molecular complexity index is 525. The third kappa shape index (κ3) is 4.84. The minimum Gasteiger partial charge on any atom is -0.393 e. The zero-order valence-corrected chi connectivity index (χ0v) is 20.9. The number of aliphatic hydroxyl groups is 2. The van der Waals surface area contributed by atoms with Crippen molar-refractivity contribution in [3.8, 4) is 0 Å². The van der Waals surface area contributed by atoms with Gasteiger partial charge in [0, 0.05) is 0 Å². The summed E-state index contributed by atoms with van der Waals surface area (Å²) < 4.78 is 0. The molecule has 32 heavy (non-hydrogen) atoms. The summed E-state index contributed by atoms with van der Waals surface area (Å²) in [4.78, 5) is 0. The fraction of sp³-hybridized carbons (Fsp3) is 1.00. The molecule has 184 valence electrons. The minimum atomic E-state index is -0.114. The van der Waals surface area contributed by atoms with Crippen molar-refractivity contribution in [2.24, 2.45) is 40.9 Å². The first-order valence-corrected chi connectivity index (χ1v) is 15.0. The maximum absolute atomic E-state index is 11.6. The molecule has 0 aromatic heterocycles. The second-order valence-electron chi connectivity index (χ2n) is 13.1. The zero-order valence-electron chi connectivity index (χ0n) is 20.9. The van der Waals surface area contributed by atoms with E-state index in [9.17, 15) is 10.2 Å². The van der Waals surface area contributed by atoms with E-state index in [1.807, 2.05) is 0 Å². The largest absolute Gasteiger partial charge is 0.393 e. The van der Waals surface area contributed by atoms with E-state index in [0.29, 0.717) is 11.8 Å². The van der Waals surface area contributed by atoms with E-state index < -0.39 is 0 Å². The molecule has 0 radical (unpaired) electrons. The van der Waals surface area contributed by atoms with Crippen LogP contribution in [0.3, 0.4) is 0 Å². The van der Waals surface area contributed by atoms with Crippen molar-refractivity contribution in [2.75, 3.05) is 0 Å². The smallest absolute Gasteiger partial charge is 0.0576 e. The van der Waals surface area contributed by atoms with Gasteiger partial charge in [-0.3, -0.25) is 0 Å². The Labute approximate surface area is 198 Å². The molecule has 5 rings (SSSR count). The van der Waals surface area contributed by atoms with Gasteiger partial charge in [0.15, 0.2) is 0 Å². The van der Waals surface area contributed by atoms with Crippen molar-refractivity contribution >= 4 is 0 Å². The molecule has 0 aliphatic heterocycles. The molecule has 2 nitrogen and oxygen atoms in total. The van der Waals surface area contributed by atoms with Gasteiger partial charge in [-0.25, -0.2) is 0 Å². The second-order valence-corrected chi connectivity index (χ2v) is 13.1. The monoisotopic (exact) mass is 444 g/mol. The van der Waals surface area contributed by atoms with Gasteiger partial charge in [-0.1, -0.05) is 83.5 Å². The summed E-state index contributed by atoms with van der Waals surface area (Å²) in [6, 6.07) is 0. The number of hydrogen-bond donors (Lipinski definition) is 2. The Morgan fingerprint density at radius 3 is 1.22 bits per heavy atom. The standard InChI is InChI=1S/C30H52O2/c31-28-20-24(22-10-4-1-5-11-22)14-16-26(28)30(18-8-3-9-19-30)27-17-15-25(21-29(27)32)23-12-6-2-7-13-23/h22-29,31-32H,1-21H2. The van der Waals surface area contributed by atoms with Crippen molar-refractivity contribution in [1.82, 2.24) is 0 Å². The molecule has 5 aliphatic rings. The van der Waals surface area contributed by atoms with Gasteiger partial charge in [-0.2, -0.15) is 0 Å². The molecule has 5 aliphatic carbocycles. The molecule has 0 aromatic carbocycles. The lowest BCUT2D eigenvalue weighted by Gasteiger charge is -2.56. The van der Waals surface area contributed by atoms with Crippen LogP contribution >= 0.6 is 0 Å². The zero-order chi connectivity index (χ0) is 22.0. The van der Waals surface area contributed by atoms with Crippen LogP contribution in [0.5, 0.6) is 0 Å². The molecule has 0 heterocycles. The Balaban J connectivity index is 1.27. The Morgan fingerprint density at radius 2 is 0.812 bits per heavy atom. The summed E-state index contributed by atoms with van der Waals surface area (Å²) in [6.45, 7) is 0. The van der Waals surface area contributed by atoms with Crippen molar-refractivity contribution in [1.29, 1.82) is 0 Å². The van der Waals surface area contributed by atoms with Gasteiger partial charge in [-0.05, 0) is 92.3 Å². The van der Waals surface area contributed by atoms with Gasteiger partial charge >= 0.3 is 0 Å². The van der Waals surface area contributed by atoms with Crippen molar-refractivity contribution < 1.29 is 10.2 Å². The quantitative estimate of drug-likeness (QED) is 0.467. The Kier molecular flexibility index (Phi) is 7.89. The molecule has 0 bridgehead atoms. The molecular formula is C30H52O2. The SMILES string of the molecule is OC1CC(C2CCCCC2)CCC1C1(C2CCC(C3CCCCC3)CC2O)CCCCC1. The predicted octanol–water partition coefficient (Wildman–Crippen LogP) is 7.65. The van der Waals surface area contributed by atoms with Gasteiger partial charge in [0.25, 0.3) is 0 Å². The fourth-order valence-corrected chi connectivity index (χ4v) is 9.99. The molecule has 6 atom stereocenters. The summed E-state index contributed by atoms with van der Waals surface area (Å²) in [5, 5.41) is 23.2. The number of aliphatic hydroxyl groups excluding tert-OH is 2. The highest BCUT2D eigenvalue weighted by molar-refractivity contribution is 5.03. The van der Waals surface area contributed by atoms with E-state index in [2.05, 4.69) is 0 Å². The molecule has 6 unspecified atom stereocenters. The van der Waals surface area contributed by atoms with Crippen LogP contribution in [0.1, 0.15) is 135 Å². The first-order chi connectivity index (χ1) is 15.7. The summed E-state index contributed by atoms with van der Waals surface area (Å²) >= 11 is 0. The maximum Gasteiger partial charge on any atom is 0.0576 e. The Hall–Kier alpha value is -0.0800. The molecule has 0 spiro atoms. The summed E-state index contributed by atoms with van der Waals surface area (Å²) in [5.74, 6) is 4.22. The first-order valence-electron chi connectivity index (χ1n) is 15.0. The molecule has 0 saturated heterocycles. The van der Waals surface area contributed by atoms with E-state index in [0.717, 1.165) is 36.5 Å². The highest BCUT2D eigenvalue weighted by Crippen LogP contribution is 2.58. The highest BCUT2D eigenvalue weighted by Gasteiger charge is 2.53. The molecule has 5 saturated carbocycles. The minimum absolute atomic E-state index is 0.114. The lowest BCUT2D eigenvalue weighted by molar-refractivity contribution is -0.130. The van der Waals surface area contributed by atoms with Crippen LogP contribution in [0.25, 0.3) is 0 Å². The van der Waals surface area contributed by atoms with Gasteiger partial charge in [0.2, 0.25) is 0 Å².